The Morgan fingerprint density at radius 2 is 1.80 bits per heavy atom. The van der Waals surface area contributed by atoms with Gasteiger partial charge in [0.2, 0.25) is 0 Å². The average Bonchev–Trinajstić information content (AvgIpc) is 2.34. The van der Waals surface area contributed by atoms with Crippen molar-refractivity contribution >= 4 is 5.97 Å². The lowest BCUT2D eigenvalue weighted by Crippen LogP contribution is -2.35. The summed E-state index contributed by atoms with van der Waals surface area (Å²) in [6, 6.07) is 3.80. The molecule has 0 aromatic heterocycles. The van der Waals surface area contributed by atoms with Gasteiger partial charge in [0.25, 0.3) is 0 Å². The van der Waals surface area contributed by atoms with Gasteiger partial charge in [-0.05, 0) is 51.6 Å². The van der Waals surface area contributed by atoms with Crippen LogP contribution in [0.1, 0.15) is 28.3 Å². The van der Waals surface area contributed by atoms with Crippen LogP contribution in [0.5, 0.6) is 0 Å². The highest BCUT2D eigenvalue weighted by molar-refractivity contribution is 5.78. The van der Waals surface area contributed by atoms with Gasteiger partial charge in [-0.25, -0.2) is 4.79 Å². The fourth-order valence-corrected chi connectivity index (χ4v) is 2.50. The minimum absolute atomic E-state index is 0.237. The molecule has 1 unspecified atom stereocenters. The van der Waals surface area contributed by atoms with E-state index in [0.29, 0.717) is 0 Å². The minimum Gasteiger partial charge on any atom is -0.468 e. The number of nitrogens with one attached hydrogen (secondary N) is 1. The molecular formula is C16H26N2O2. The molecule has 0 radical (unpaired) electrons. The van der Waals surface area contributed by atoms with Crippen LogP contribution in [0, 0.1) is 20.8 Å². The molecule has 0 saturated heterocycles. The smallest absolute Gasteiger partial charge is 0.327 e. The fraction of sp³-hybridized carbons (Fsp3) is 0.562. The quantitative estimate of drug-likeness (QED) is 0.808. The van der Waals surface area contributed by atoms with Gasteiger partial charge >= 0.3 is 5.97 Å². The van der Waals surface area contributed by atoms with Gasteiger partial charge in [-0.3, -0.25) is 5.32 Å². The number of hydrogen-bond acceptors (Lipinski definition) is 4. The summed E-state index contributed by atoms with van der Waals surface area (Å²) in [7, 11) is 5.45. The Hall–Kier alpha value is -1.39. The Bertz CT molecular complexity index is 447. The van der Waals surface area contributed by atoms with Crippen LogP contribution in [0.4, 0.5) is 0 Å². The van der Waals surface area contributed by atoms with E-state index in [9.17, 15) is 4.79 Å². The average molecular weight is 278 g/mol. The molecule has 20 heavy (non-hydrogen) atoms. The highest BCUT2D eigenvalue weighted by Gasteiger charge is 2.24. The number of esters is 1. The predicted octanol–water partition coefficient (Wildman–Crippen LogP) is 1.98. The Morgan fingerprint density at radius 3 is 2.25 bits per heavy atom. The molecule has 0 amide bonds. The van der Waals surface area contributed by atoms with Crippen LogP contribution in [0.3, 0.4) is 0 Å². The number of ether oxygens (including phenoxy) is 1. The Kier molecular flexibility index (Phi) is 6.17. The summed E-state index contributed by atoms with van der Waals surface area (Å²) < 4.78 is 4.95. The van der Waals surface area contributed by atoms with E-state index in [0.717, 1.165) is 29.8 Å². The second kappa shape index (κ2) is 7.41. The molecule has 0 bridgehead atoms. The molecule has 0 aliphatic carbocycles. The van der Waals surface area contributed by atoms with E-state index in [1.54, 1.807) is 0 Å². The molecule has 1 N–H and O–H groups in total. The molecular weight excluding hydrogens is 252 g/mol. The van der Waals surface area contributed by atoms with Crippen LogP contribution >= 0.6 is 0 Å². The monoisotopic (exact) mass is 278 g/mol. The topological polar surface area (TPSA) is 41.6 Å². The van der Waals surface area contributed by atoms with E-state index in [4.69, 9.17) is 4.74 Å². The first kappa shape index (κ1) is 16.7. The molecule has 4 heteroatoms. The summed E-state index contributed by atoms with van der Waals surface area (Å²) in [5.41, 5.74) is 4.48. The molecule has 1 aromatic rings. The number of nitrogens with zero attached hydrogens (tertiary/aromatic N) is 1. The van der Waals surface area contributed by atoms with Crippen molar-refractivity contribution in [3.05, 3.63) is 34.4 Å². The summed E-state index contributed by atoms with van der Waals surface area (Å²) in [6.45, 7) is 7.76. The van der Waals surface area contributed by atoms with Crippen molar-refractivity contribution in [2.75, 3.05) is 34.3 Å². The third-order valence-corrected chi connectivity index (χ3v) is 3.37. The van der Waals surface area contributed by atoms with Gasteiger partial charge < -0.3 is 9.64 Å². The van der Waals surface area contributed by atoms with Crippen molar-refractivity contribution in [2.24, 2.45) is 0 Å². The van der Waals surface area contributed by atoms with Crippen LogP contribution < -0.4 is 5.32 Å². The summed E-state index contributed by atoms with van der Waals surface area (Å²) in [6.07, 6.45) is 0. The Labute approximate surface area is 122 Å². The van der Waals surface area contributed by atoms with Gasteiger partial charge in [0, 0.05) is 13.1 Å². The number of benzene rings is 1. The first-order valence-corrected chi connectivity index (χ1v) is 6.90. The lowest BCUT2D eigenvalue weighted by Gasteiger charge is -2.22. The molecule has 0 heterocycles. The standard InChI is InChI=1S/C16H26N2O2/c1-11-9-12(2)14(13(3)10-11)15(16(19)20-6)17-7-8-18(4)5/h9-10,15,17H,7-8H2,1-6H3. The lowest BCUT2D eigenvalue weighted by molar-refractivity contribution is -0.143. The highest BCUT2D eigenvalue weighted by atomic mass is 16.5. The highest BCUT2D eigenvalue weighted by Crippen LogP contribution is 2.24. The van der Waals surface area contributed by atoms with Gasteiger partial charge in [0.15, 0.2) is 0 Å². The number of likely N-dealkylation sites (N-methyl/N-ethyl adjacent to an activating group) is 1. The normalized spacial score (nSPS) is 12.6. The lowest BCUT2D eigenvalue weighted by atomic mass is 9.94. The second-order valence-electron chi connectivity index (χ2n) is 5.53. The first-order valence-electron chi connectivity index (χ1n) is 6.90. The number of carbonyl (C=O) groups is 1. The van der Waals surface area contributed by atoms with Crippen molar-refractivity contribution in [1.29, 1.82) is 0 Å². The molecule has 0 saturated carbocycles. The van der Waals surface area contributed by atoms with Crippen molar-refractivity contribution in [1.82, 2.24) is 10.2 Å². The molecule has 0 fully saturated rings. The summed E-state index contributed by atoms with van der Waals surface area (Å²) in [5, 5.41) is 3.30. The molecule has 0 spiro atoms. The van der Waals surface area contributed by atoms with Crippen LogP contribution in [0.2, 0.25) is 0 Å². The van der Waals surface area contributed by atoms with Crippen LogP contribution in [-0.4, -0.2) is 45.2 Å². The van der Waals surface area contributed by atoms with Crippen LogP contribution in [0.15, 0.2) is 12.1 Å². The number of rotatable bonds is 6. The molecule has 1 rings (SSSR count). The van der Waals surface area contributed by atoms with Crippen molar-refractivity contribution in [2.45, 2.75) is 26.8 Å². The van der Waals surface area contributed by atoms with E-state index in [1.165, 1.54) is 12.7 Å². The number of aryl methyl sites for hydroxylation is 3. The number of hydrogen-bond donors (Lipinski definition) is 1. The van der Waals surface area contributed by atoms with Crippen LogP contribution in [0.25, 0.3) is 0 Å². The van der Waals surface area contributed by atoms with Gasteiger partial charge in [-0.2, -0.15) is 0 Å². The van der Waals surface area contributed by atoms with E-state index >= 15 is 0 Å². The van der Waals surface area contributed by atoms with E-state index in [-0.39, 0.29) is 5.97 Å². The summed E-state index contributed by atoms with van der Waals surface area (Å²) in [4.78, 5) is 14.2. The van der Waals surface area contributed by atoms with Gasteiger partial charge in [0.1, 0.15) is 6.04 Å². The van der Waals surface area contributed by atoms with E-state index < -0.39 is 6.04 Å². The predicted molar refractivity (Wildman–Crippen MR) is 82.0 cm³/mol. The SMILES string of the molecule is COC(=O)C(NCCN(C)C)c1c(C)cc(C)cc1C. The second-order valence-corrected chi connectivity index (χ2v) is 5.53. The molecule has 1 atom stereocenters. The summed E-state index contributed by atoms with van der Waals surface area (Å²) in [5.74, 6) is -0.237. The van der Waals surface area contributed by atoms with Crippen molar-refractivity contribution in [3.8, 4) is 0 Å². The zero-order valence-corrected chi connectivity index (χ0v) is 13.4. The van der Waals surface area contributed by atoms with E-state index in [1.807, 2.05) is 27.9 Å². The molecule has 0 aliphatic rings. The maximum absolute atomic E-state index is 12.1. The third-order valence-electron chi connectivity index (χ3n) is 3.37. The van der Waals surface area contributed by atoms with Gasteiger partial charge in [-0.1, -0.05) is 17.7 Å². The first-order chi connectivity index (χ1) is 9.36. The Morgan fingerprint density at radius 1 is 1.25 bits per heavy atom. The Balaban J connectivity index is 3.02. The zero-order chi connectivity index (χ0) is 15.3. The van der Waals surface area contributed by atoms with Crippen LogP contribution in [-0.2, 0) is 9.53 Å². The molecule has 1 aromatic carbocycles. The van der Waals surface area contributed by atoms with Crippen molar-refractivity contribution in [3.63, 3.8) is 0 Å². The molecule has 112 valence electrons. The summed E-state index contributed by atoms with van der Waals surface area (Å²) >= 11 is 0. The van der Waals surface area contributed by atoms with Crippen molar-refractivity contribution < 1.29 is 9.53 Å². The largest absolute Gasteiger partial charge is 0.468 e. The maximum Gasteiger partial charge on any atom is 0.327 e. The minimum atomic E-state index is -0.402. The molecule has 0 aliphatic heterocycles. The number of carbonyl (C=O) groups excluding carboxylic acids is 1. The van der Waals surface area contributed by atoms with E-state index in [2.05, 4.69) is 29.3 Å². The number of methoxy groups -OCH3 is 1. The maximum atomic E-state index is 12.1. The third kappa shape index (κ3) is 4.32. The van der Waals surface area contributed by atoms with Gasteiger partial charge in [-0.15, -0.1) is 0 Å². The fourth-order valence-electron chi connectivity index (χ4n) is 2.50. The van der Waals surface area contributed by atoms with Gasteiger partial charge in [0.05, 0.1) is 7.11 Å². The molecule has 4 nitrogen and oxygen atoms in total. The zero-order valence-electron chi connectivity index (χ0n) is 13.4.